The molecule has 0 fully saturated rings. The first kappa shape index (κ1) is 18.5. The summed E-state index contributed by atoms with van der Waals surface area (Å²) in [6, 6.07) is 13.6. The summed E-state index contributed by atoms with van der Waals surface area (Å²) in [5.41, 5.74) is 10.8. The van der Waals surface area contributed by atoms with Gasteiger partial charge in [0.05, 0.1) is 13.3 Å². The quantitative estimate of drug-likeness (QED) is 0.329. The van der Waals surface area contributed by atoms with E-state index in [9.17, 15) is 0 Å². The summed E-state index contributed by atoms with van der Waals surface area (Å²) >= 11 is 4.71. The van der Waals surface area contributed by atoms with E-state index < -0.39 is 0 Å². The van der Waals surface area contributed by atoms with Crippen molar-refractivity contribution >= 4 is 23.5 Å². The van der Waals surface area contributed by atoms with Gasteiger partial charge < -0.3 is 15.2 Å². The van der Waals surface area contributed by atoms with Crippen LogP contribution in [0, 0.1) is 0 Å². The third-order valence-corrected chi connectivity index (χ3v) is 3.50. The lowest BCUT2D eigenvalue weighted by molar-refractivity contribution is 0.294. The number of methoxy groups -OCH3 is 1. The molecule has 3 N–H and O–H groups in total. The van der Waals surface area contributed by atoms with Crippen molar-refractivity contribution < 1.29 is 9.47 Å². The average molecular weight is 355 g/mol. The summed E-state index contributed by atoms with van der Waals surface area (Å²) in [5, 5.41) is 4.08. The number of rotatable bonds is 8. The van der Waals surface area contributed by atoms with E-state index in [-0.39, 0.29) is 5.11 Å². The molecule has 0 radical (unpaired) electrons. The van der Waals surface area contributed by atoms with Crippen molar-refractivity contribution in [2.75, 3.05) is 7.11 Å². The lowest BCUT2D eigenvalue weighted by atomic mass is 10.1. The first-order chi connectivity index (χ1) is 12.1. The van der Waals surface area contributed by atoms with Crippen LogP contribution in [0.1, 0.15) is 16.7 Å². The minimum atomic E-state index is 0.118. The largest absolute Gasteiger partial charge is 0.496 e. The number of benzene rings is 2. The number of hydrogen-bond donors (Lipinski definition) is 2. The predicted molar refractivity (Wildman–Crippen MR) is 105 cm³/mol. The molecular formula is C19H21N3O2S. The van der Waals surface area contributed by atoms with Crippen molar-refractivity contribution in [1.29, 1.82) is 0 Å². The van der Waals surface area contributed by atoms with Crippen molar-refractivity contribution in [1.82, 2.24) is 5.43 Å². The van der Waals surface area contributed by atoms with Crippen molar-refractivity contribution in [2.45, 2.75) is 13.0 Å². The Hall–Kier alpha value is -2.86. The average Bonchev–Trinajstić information content (AvgIpc) is 2.61. The van der Waals surface area contributed by atoms with Crippen LogP contribution in [-0.2, 0) is 13.0 Å². The fourth-order valence-corrected chi connectivity index (χ4v) is 2.34. The number of hydrazone groups is 1. The van der Waals surface area contributed by atoms with Crippen LogP contribution in [0.3, 0.4) is 0 Å². The smallest absolute Gasteiger partial charge is 0.184 e. The number of nitrogens with two attached hydrogens (primary N) is 1. The molecule has 130 valence electrons. The number of para-hydroxylation sites is 1. The molecule has 2 rings (SSSR count). The van der Waals surface area contributed by atoms with E-state index in [1.807, 2.05) is 48.5 Å². The lowest BCUT2D eigenvalue weighted by Gasteiger charge is -2.13. The minimum Gasteiger partial charge on any atom is -0.496 e. The van der Waals surface area contributed by atoms with E-state index in [1.54, 1.807) is 13.3 Å². The second-order valence-electron chi connectivity index (χ2n) is 5.19. The molecular weight excluding hydrogens is 334 g/mol. The topological polar surface area (TPSA) is 68.9 Å². The Morgan fingerprint density at radius 1 is 1.24 bits per heavy atom. The Bertz CT molecular complexity index is 775. The van der Waals surface area contributed by atoms with E-state index in [4.69, 9.17) is 27.4 Å². The summed E-state index contributed by atoms with van der Waals surface area (Å²) in [7, 11) is 1.63. The van der Waals surface area contributed by atoms with E-state index >= 15 is 0 Å². The van der Waals surface area contributed by atoms with Gasteiger partial charge in [-0.1, -0.05) is 24.3 Å². The normalized spacial score (nSPS) is 10.4. The maximum atomic E-state index is 5.99. The van der Waals surface area contributed by atoms with E-state index in [2.05, 4.69) is 17.1 Å². The summed E-state index contributed by atoms with van der Waals surface area (Å²) < 4.78 is 11.4. The van der Waals surface area contributed by atoms with Crippen LogP contribution in [-0.4, -0.2) is 18.4 Å². The highest BCUT2D eigenvalue weighted by Gasteiger charge is 2.07. The Balaban J connectivity index is 2.16. The molecule has 0 amide bonds. The minimum absolute atomic E-state index is 0.118. The standard InChI is InChI=1S/C19H21N3O2S/c1-3-6-15-7-4-5-8-18(15)24-13-16-11-14(9-10-17(16)23-2)12-21-22-19(20)25/h3-5,7-12H,1,6,13H2,2H3,(H3,20,22,25). The molecule has 0 spiro atoms. The zero-order chi connectivity index (χ0) is 18.1. The summed E-state index contributed by atoms with van der Waals surface area (Å²) in [6.07, 6.45) is 4.24. The molecule has 0 saturated carbocycles. The van der Waals surface area contributed by atoms with Gasteiger partial charge in [0.15, 0.2) is 5.11 Å². The van der Waals surface area contributed by atoms with Gasteiger partial charge >= 0.3 is 0 Å². The highest BCUT2D eigenvalue weighted by Crippen LogP contribution is 2.24. The van der Waals surface area contributed by atoms with Crippen molar-refractivity contribution in [3.05, 3.63) is 71.8 Å². The van der Waals surface area contributed by atoms with Crippen LogP contribution in [0.15, 0.2) is 60.2 Å². The number of allylic oxidation sites excluding steroid dienone is 1. The monoisotopic (exact) mass is 355 g/mol. The maximum Gasteiger partial charge on any atom is 0.184 e. The Kier molecular flexibility index (Phi) is 6.98. The van der Waals surface area contributed by atoms with Crippen molar-refractivity contribution in [2.24, 2.45) is 10.8 Å². The number of nitrogens with zero attached hydrogens (tertiary/aromatic N) is 1. The van der Waals surface area contributed by atoms with E-state index in [0.29, 0.717) is 6.61 Å². The van der Waals surface area contributed by atoms with Gasteiger partial charge in [-0.15, -0.1) is 6.58 Å². The lowest BCUT2D eigenvalue weighted by Crippen LogP contribution is -2.24. The SMILES string of the molecule is C=CCc1ccccc1OCc1cc(C=NNC(N)=S)ccc1OC. The van der Waals surface area contributed by atoms with Crippen LogP contribution in [0.5, 0.6) is 11.5 Å². The van der Waals surface area contributed by atoms with Gasteiger partial charge in [-0.2, -0.15) is 5.10 Å². The van der Waals surface area contributed by atoms with Crippen LogP contribution in [0.25, 0.3) is 0 Å². The first-order valence-electron chi connectivity index (χ1n) is 7.71. The molecule has 0 aliphatic carbocycles. The Labute approximate surface area is 153 Å². The molecule has 25 heavy (non-hydrogen) atoms. The van der Waals surface area contributed by atoms with Crippen LogP contribution in [0.4, 0.5) is 0 Å². The molecule has 0 aromatic heterocycles. The zero-order valence-corrected chi connectivity index (χ0v) is 14.9. The molecule has 5 nitrogen and oxygen atoms in total. The van der Waals surface area contributed by atoms with Gasteiger partial charge in [0.1, 0.15) is 18.1 Å². The van der Waals surface area contributed by atoms with Crippen LogP contribution in [0.2, 0.25) is 0 Å². The molecule has 0 atom stereocenters. The number of thiocarbonyl (C=S) groups is 1. The summed E-state index contributed by atoms with van der Waals surface area (Å²) in [4.78, 5) is 0. The number of nitrogens with one attached hydrogen (secondary N) is 1. The Morgan fingerprint density at radius 3 is 2.76 bits per heavy atom. The highest BCUT2D eigenvalue weighted by atomic mass is 32.1. The van der Waals surface area contributed by atoms with Gasteiger partial charge in [-0.25, -0.2) is 0 Å². The first-order valence-corrected chi connectivity index (χ1v) is 8.12. The van der Waals surface area contributed by atoms with Crippen molar-refractivity contribution in [3.63, 3.8) is 0 Å². The van der Waals surface area contributed by atoms with Crippen LogP contribution < -0.4 is 20.6 Å². The summed E-state index contributed by atoms with van der Waals surface area (Å²) in [5.74, 6) is 1.58. The molecule has 0 heterocycles. The molecule has 0 bridgehead atoms. The van der Waals surface area contributed by atoms with E-state index in [0.717, 1.165) is 34.6 Å². The molecule has 2 aromatic carbocycles. The molecule has 6 heteroatoms. The van der Waals surface area contributed by atoms with Gasteiger partial charge in [0, 0.05) is 5.56 Å². The fourth-order valence-electron chi connectivity index (χ4n) is 2.29. The number of hydrogen-bond acceptors (Lipinski definition) is 4. The number of ether oxygens (including phenoxy) is 2. The molecule has 0 aliphatic heterocycles. The van der Waals surface area contributed by atoms with Gasteiger partial charge in [-0.05, 0) is 54.0 Å². The zero-order valence-electron chi connectivity index (χ0n) is 14.1. The fraction of sp³-hybridized carbons (Fsp3) is 0.158. The third-order valence-electron chi connectivity index (χ3n) is 3.41. The highest BCUT2D eigenvalue weighted by molar-refractivity contribution is 7.80. The molecule has 0 saturated heterocycles. The van der Waals surface area contributed by atoms with Gasteiger partial charge in [0.25, 0.3) is 0 Å². The Morgan fingerprint density at radius 2 is 2.04 bits per heavy atom. The second kappa shape index (κ2) is 9.44. The second-order valence-corrected chi connectivity index (χ2v) is 5.63. The van der Waals surface area contributed by atoms with Gasteiger partial charge in [0.2, 0.25) is 0 Å². The van der Waals surface area contributed by atoms with Crippen molar-refractivity contribution in [3.8, 4) is 11.5 Å². The molecule has 2 aromatic rings. The molecule has 0 aliphatic rings. The summed E-state index contributed by atoms with van der Waals surface area (Å²) in [6.45, 7) is 4.16. The van der Waals surface area contributed by atoms with Crippen LogP contribution >= 0.6 is 12.2 Å². The third kappa shape index (κ3) is 5.61. The molecule has 0 unspecified atom stereocenters. The maximum absolute atomic E-state index is 5.99. The predicted octanol–water partition coefficient (Wildman–Crippen LogP) is 3.17. The van der Waals surface area contributed by atoms with E-state index in [1.165, 1.54) is 0 Å². The van der Waals surface area contributed by atoms with Gasteiger partial charge in [-0.3, -0.25) is 5.43 Å².